The van der Waals surface area contributed by atoms with Gasteiger partial charge in [-0.05, 0) is 43.7 Å². The quantitative estimate of drug-likeness (QED) is 0.585. The first-order valence-corrected chi connectivity index (χ1v) is 8.40. The van der Waals surface area contributed by atoms with E-state index in [1.165, 1.54) is 6.07 Å². The molecule has 0 atom stereocenters. The topological polar surface area (TPSA) is 98.7 Å². The Hall–Kier alpha value is -3.88. The minimum atomic E-state index is -0.645. The summed E-state index contributed by atoms with van der Waals surface area (Å²) in [5.74, 6) is -1.20. The largest absolute Gasteiger partial charge is 0.328 e. The smallest absolute Gasteiger partial charge is 0.316 e. The second-order valence-electron chi connectivity index (χ2n) is 6.23. The molecule has 0 aliphatic carbocycles. The van der Waals surface area contributed by atoms with E-state index in [1.54, 1.807) is 29.9 Å². The van der Waals surface area contributed by atoms with Crippen LogP contribution in [0, 0.1) is 19.7 Å². The number of nitrogens with one attached hydrogen (secondary N) is 1. The van der Waals surface area contributed by atoms with Gasteiger partial charge in [-0.15, -0.1) is 5.10 Å². The molecule has 9 heteroatoms. The molecule has 1 amide bonds. The average molecular weight is 378 g/mol. The fourth-order valence-corrected chi connectivity index (χ4v) is 2.46. The Morgan fingerprint density at radius 3 is 2.68 bits per heavy atom. The highest BCUT2D eigenvalue weighted by molar-refractivity contribution is 6.01. The summed E-state index contributed by atoms with van der Waals surface area (Å²) < 4.78 is 20.2. The number of aromatic nitrogens is 5. The van der Waals surface area contributed by atoms with Gasteiger partial charge in [-0.1, -0.05) is 34.1 Å². The Morgan fingerprint density at radius 1 is 1.14 bits per heavy atom. The number of aryl methyl sites for hydroxylation is 2. The summed E-state index contributed by atoms with van der Waals surface area (Å²) in [6, 6.07) is 12.1. The molecule has 28 heavy (non-hydrogen) atoms. The van der Waals surface area contributed by atoms with Crippen molar-refractivity contribution in [2.45, 2.75) is 13.8 Å². The minimum Gasteiger partial charge on any atom is -0.328 e. The lowest BCUT2D eigenvalue weighted by atomic mass is 10.2. The monoisotopic (exact) mass is 378 g/mol. The van der Waals surface area contributed by atoms with E-state index in [0.29, 0.717) is 11.3 Å². The van der Waals surface area contributed by atoms with Gasteiger partial charge in [0.1, 0.15) is 5.82 Å². The molecular weight excluding hydrogens is 363 g/mol. The van der Waals surface area contributed by atoms with Gasteiger partial charge in [0.25, 0.3) is 0 Å². The molecule has 1 N–H and O–H groups in total. The second kappa shape index (κ2) is 7.03. The molecule has 0 saturated heterocycles. The van der Waals surface area contributed by atoms with Crippen LogP contribution in [0.2, 0.25) is 0 Å². The zero-order chi connectivity index (χ0) is 19.7. The SMILES string of the molecule is Cc1ccc(-n2cc(-c3noc(C(=O)Nc4ccc(C)c(F)c4)n3)nn2)cc1. The Balaban J connectivity index is 1.52. The number of hydrogen-bond acceptors (Lipinski definition) is 6. The maximum atomic E-state index is 13.6. The molecule has 2 aromatic heterocycles. The normalized spacial score (nSPS) is 10.8. The van der Waals surface area contributed by atoms with Crippen molar-refractivity contribution < 1.29 is 13.7 Å². The predicted octanol–water partition coefficient (Wildman–Crippen LogP) is 3.33. The molecule has 0 saturated carbocycles. The third-order valence-corrected chi connectivity index (χ3v) is 4.07. The Labute approximate surface area is 159 Å². The molecule has 0 spiro atoms. The van der Waals surface area contributed by atoms with Crippen molar-refractivity contribution in [1.29, 1.82) is 0 Å². The van der Waals surface area contributed by atoms with Gasteiger partial charge in [-0.2, -0.15) is 4.98 Å². The van der Waals surface area contributed by atoms with E-state index in [4.69, 9.17) is 4.52 Å². The first-order chi connectivity index (χ1) is 13.5. The number of nitrogens with zero attached hydrogens (tertiary/aromatic N) is 5. The van der Waals surface area contributed by atoms with Crippen LogP contribution in [0.15, 0.2) is 53.2 Å². The minimum absolute atomic E-state index is 0.124. The van der Waals surface area contributed by atoms with Crippen molar-refractivity contribution in [3.05, 3.63) is 71.5 Å². The molecule has 140 valence electrons. The van der Waals surface area contributed by atoms with Crippen LogP contribution in [0.4, 0.5) is 10.1 Å². The van der Waals surface area contributed by atoms with Crippen LogP contribution < -0.4 is 5.32 Å². The fraction of sp³-hybridized carbons (Fsp3) is 0.105. The van der Waals surface area contributed by atoms with Crippen LogP contribution in [-0.4, -0.2) is 31.0 Å². The van der Waals surface area contributed by atoms with Crippen molar-refractivity contribution in [2.75, 3.05) is 5.32 Å². The van der Waals surface area contributed by atoms with Gasteiger partial charge in [0.2, 0.25) is 5.82 Å². The van der Waals surface area contributed by atoms with Crippen molar-refractivity contribution >= 4 is 11.6 Å². The average Bonchev–Trinajstić information content (AvgIpc) is 3.35. The predicted molar refractivity (Wildman–Crippen MR) is 98.5 cm³/mol. The molecule has 0 unspecified atom stereocenters. The molecule has 0 radical (unpaired) electrons. The van der Waals surface area contributed by atoms with E-state index < -0.39 is 11.7 Å². The van der Waals surface area contributed by atoms with Gasteiger partial charge >= 0.3 is 11.8 Å². The molecule has 2 aromatic carbocycles. The Bertz CT molecular complexity index is 1150. The first-order valence-electron chi connectivity index (χ1n) is 8.40. The van der Waals surface area contributed by atoms with Crippen LogP contribution >= 0.6 is 0 Å². The molecule has 4 aromatic rings. The van der Waals surface area contributed by atoms with E-state index in [0.717, 1.165) is 11.3 Å². The Morgan fingerprint density at radius 2 is 1.93 bits per heavy atom. The lowest BCUT2D eigenvalue weighted by Gasteiger charge is -2.03. The van der Waals surface area contributed by atoms with Gasteiger partial charge in [-0.3, -0.25) is 4.79 Å². The van der Waals surface area contributed by atoms with Gasteiger partial charge in [0, 0.05) is 5.69 Å². The van der Waals surface area contributed by atoms with E-state index >= 15 is 0 Å². The van der Waals surface area contributed by atoms with Crippen molar-refractivity contribution in [3.63, 3.8) is 0 Å². The van der Waals surface area contributed by atoms with Gasteiger partial charge in [-0.25, -0.2) is 9.07 Å². The number of amides is 1. The first kappa shape index (κ1) is 17.5. The van der Waals surface area contributed by atoms with E-state index in [-0.39, 0.29) is 17.4 Å². The van der Waals surface area contributed by atoms with Gasteiger partial charge < -0.3 is 9.84 Å². The third-order valence-electron chi connectivity index (χ3n) is 4.07. The molecule has 0 fully saturated rings. The molecule has 4 rings (SSSR count). The maximum Gasteiger partial charge on any atom is 0.316 e. The Kier molecular flexibility index (Phi) is 4.40. The zero-order valence-corrected chi connectivity index (χ0v) is 15.0. The highest BCUT2D eigenvalue weighted by Gasteiger charge is 2.18. The van der Waals surface area contributed by atoms with Crippen LogP contribution in [0.25, 0.3) is 17.2 Å². The van der Waals surface area contributed by atoms with Gasteiger partial charge in [0.15, 0.2) is 5.69 Å². The lowest BCUT2D eigenvalue weighted by molar-refractivity contribution is 0.0981. The molecular formula is C19H15FN6O2. The highest BCUT2D eigenvalue weighted by Crippen LogP contribution is 2.17. The zero-order valence-electron chi connectivity index (χ0n) is 15.0. The number of carbonyl (C=O) groups excluding carboxylic acids is 1. The van der Waals surface area contributed by atoms with Crippen LogP contribution in [0.1, 0.15) is 21.8 Å². The standard InChI is InChI=1S/C19H15FN6O2/c1-11-3-7-14(8-4-11)26-10-16(23-25-26)17-22-19(28-24-17)18(27)21-13-6-5-12(2)15(20)9-13/h3-10H,1-2H3,(H,21,27). The van der Waals surface area contributed by atoms with Crippen LogP contribution in [0.3, 0.4) is 0 Å². The summed E-state index contributed by atoms with van der Waals surface area (Å²) in [7, 11) is 0. The summed E-state index contributed by atoms with van der Waals surface area (Å²) in [6.07, 6.45) is 1.63. The summed E-state index contributed by atoms with van der Waals surface area (Å²) >= 11 is 0. The van der Waals surface area contributed by atoms with Crippen molar-refractivity contribution in [2.24, 2.45) is 0 Å². The summed E-state index contributed by atoms with van der Waals surface area (Å²) in [5.41, 5.74) is 3.08. The molecule has 8 nitrogen and oxygen atoms in total. The summed E-state index contributed by atoms with van der Waals surface area (Å²) in [4.78, 5) is 16.3. The number of carbonyl (C=O) groups is 1. The summed E-state index contributed by atoms with van der Waals surface area (Å²) in [5, 5.41) is 14.3. The lowest BCUT2D eigenvalue weighted by Crippen LogP contribution is -2.12. The fourth-order valence-electron chi connectivity index (χ4n) is 2.46. The molecule has 0 bridgehead atoms. The van der Waals surface area contributed by atoms with E-state index in [2.05, 4.69) is 25.8 Å². The summed E-state index contributed by atoms with van der Waals surface area (Å²) in [6.45, 7) is 3.63. The second-order valence-corrected chi connectivity index (χ2v) is 6.23. The van der Waals surface area contributed by atoms with Gasteiger partial charge in [0.05, 0.1) is 11.9 Å². The molecule has 2 heterocycles. The van der Waals surface area contributed by atoms with E-state index in [1.807, 2.05) is 31.2 Å². The highest BCUT2D eigenvalue weighted by atomic mass is 19.1. The van der Waals surface area contributed by atoms with Crippen LogP contribution in [-0.2, 0) is 0 Å². The van der Waals surface area contributed by atoms with Crippen molar-refractivity contribution in [3.8, 4) is 17.2 Å². The number of hydrogen-bond donors (Lipinski definition) is 1. The number of benzene rings is 2. The van der Waals surface area contributed by atoms with Crippen molar-refractivity contribution in [1.82, 2.24) is 25.1 Å². The van der Waals surface area contributed by atoms with Crippen LogP contribution in [0.5, 0.6) is 0 Å². The number of anilines is 1. The maximum absolute atomic E-state index is 13.6. The van der Waals surface area contributed by atoms with E-state index in [9.17, 15) is 9.18 Å². The number of halogens is 1. The number of rotatable bonds is 4. The molecule has 0 aliphatic rings. The molecule has 0 aliphatic heterocycles. The third kappa shape index (κ3) is 3.50.